The average molecular weight is 792 g/mol. The zero-order chi connectivity index (χ0) is 29.3. The van der Waals surface area contributed by atoms with Crippen molar-refractivity contribution in [1.29, 1.82) is 0 Å². The lowest BCUT2D eigenvalue weighted by molar-refractivity contribution is 0.0976. The van der Waals surface area contributed by atoms with Gasteiger partial charge in [-0.05, 0) is 63.3 Å². The Kier molecular flexibility index (Phi) is 9.16. The van der Waals surface area contributed by atoms with E-state index >= 15 is 0 Å². The summed E-state index contributed by atoms with van der Waals surface area (Å²) in [4.78, 5) is 20.8. The van der Waals surface area contributed by atoms with Gasteiger partial charge in [-0.25, -0.2) is 32.6 Å². The van der Waals surface area contributed by atoms with Crippen LogP contribution in [0.15, 0.2) is 53.3 Å². The maximum atomic E-state index is 12.3. The fourth-order valence-electron chi connectivity index (χ4n) is 4.00. The number of ketones is 1. The Morgan fingerprint density at radius 3 is 2.39 bits per heavy atom. The van der Waals surface area contributed by atoms with Crippen LogP contribution in [0.5, 0.6) is 0 Å². The number of imidazole rings is 2. The van der Waals surface area contributed by atoms with E-state index in [0.717, 1.165) is 32.2 Å². The molecule has 1 aliphatic carbocycles. The Hall–Kier alpha value is -2.37. The summed E-state index contributed by atoms with van der Waals surface area (Å²) in [6.07, 6.45) is 6.30. The van der Waals surface area contributed by atoms with Crippen LogP contribution in [-0.4, -0.2) is 55.7 Å². The molecular weight excluding hydrogens is 770 g/mol. The summed E-state index contributed by atoms with van der Waals surface area (Å²) in [5, 5.41) is 17.1. The number of nitrogens with two attached hydrogens (primary N) is 1. The number of primary sulfonamides is 1. The third kappa shape index (κ3) is 7.53. The molecule has 0 saturated heterocycles. The zero-order valence-corrected chi connectivity index (χ0v) is 27.2. The topological polar surface area (TPSA) is 150 Å². The van der Waals surface area contributed by atoms with Gasteiger partial charge in [-0.15, -0.1) is 0 Å². The van der Waals surface area contributed by atoms with Crippen LogP contribution in [0.2, 0.25) is 10.3 Å². The highest BCUT2D eigenvalue weighted by Gasteiger charge is 2.25. The summed E-state index contributed by atoms with van der Waals surface area (Å²) in [7, 11) is -3.58. The zero-order valence-electron chi connectivity index (χ0n) is 21.1. The average Bonchev–Trinajstić information content (AvgIpc) is 3.50. The molecule has 0 bridgehead atoms. The molecule has 0 radical (unpaired) electrons. The lowest BCUT2D eigenvalue weighted by Gasteiger charge is -2.09. The summed E-state index contributed by atoms with van der Waals surface area (Å²) in [5.74, 6) is 0.496. The van der Waals surface area contributed by atoms with Crippen molar-refractivity contribution >= 4 is 94.5 Å². The third-order valence-corrected chi connectivity index (χ3v) is 8.63. The van der Waals surface area contributed by atoms with E-state index in [9.17, 15) is 13.2 Å². The van der Waals surface area contributed by atoms with Gasteiger partial charge < -0.3 is 5.32 Å². The van der Waals surface area contributed by atoms with Gasteiger partial charge >= 0.3 is 0 Å². The molecule has 0 aliphatic heterocycles. The number of nitrogens with one attached hydrogen (secondary N) is 1. The molecule has 1 fully saturated rings. The van der Waals surface area contributed by atoms with Gasteiger partial charge in [0, 0.05) is 30.2 Å². The first-order valence-electron chi connectivity index (χ1n) is 12.3. The van der Waals surface area contributed by atoms with E-state index in [1.54, 1.807) is 33.6 Å². The highest BCUT2D eigenvalue weighted by molar-refractivity contribution is 14.1. The highest BCUT2D eigenvalue weighted by Crippen LogP contribution is 2.34. The van der Waals surface area contributed by atoms with Crippen LogP contribution in [0, 0.1) is 9.62 Å². The van der Waals surface area contributed by atoms with Crippen molar-refractivity contribution in [3.63, 3.8) is 0 Å². The number of Topliss-reactive ketones (excluding diaryl/α,β-unsaturated/α-hetero) is 1. The van der Waals surface area contributed by atoms with Gasteiger partial charge in [-0.1, -0.05) is 47.5 Å². The summed E-state index contributed by atoms with van der Waals surface area (Å²) in [6, 6.07) is 10.7. The minimum absolute atomic E-state index is 0.120. The standard InChI is InChI=1S/C19H20ClN5O3S.C6H2BrClIN3/c20-18-10-15(22-7-8-29(21,27)28)19-23-11-16(25(19)24-18)13-3-5-14(6-4-13)17(26)9-12-1-2-12;7-3-1-4(8)11-12-5(9)2-10-6(3)12/h3-6,10-12,22H,1-2,7-9H2,(H2,21,27,28);1-2H. The molecule has 41 heavy (non-hydrogen) atoms. The number of carbonyl (C=O) groups excluding carboxylic acids is 1. The van der Waals surface area contributed by atoms with Crippen LogP contribution in [0.4, 0.5) is 5.69 Å². The van der Waals surface area contributed by atoms with Gasteiger partial charge in [0.25, 0.3) is 0 Å². The molecule has 1 aliphatic rings. The van der Waals surface area contributed by atoms with E-state index in [2.05, 4.69) is 64.0 Å². The Labute approximate surface area is 267 Å². The van der Waals surface area contributed by atoms with E-state index in [0.29, 0.717) is 40.1 Å². The molecule has 1 aromatic carbocycles. The van der Waals surface area contributed by atoms with E-state index in [1.165, 1.54) is 0 Å². The summed E-state index contributed by atoms with van der Waals surface area (Å²) < 4.78 is 27.3. The highest BCUT2D eigenvalue weighted by atomic mass is 127. The van der Waals surface area contributed by atoms with Gasteiger partial charge in [-0.3, -0.25) is 4.79 Å². The minimum Gasteiger partial charge on any atom is -0.381 e. The van der Waals surface area contributed by atoms with E-state index in [4.69, 9.17) is 28.3 Å². The Morgan fingerprint density at radius 2 is 1.71 bits per heavy atom. The number of hydrogen-bond donors (Lipinski definition) is 2. The predicted octanol–water partition coefficient (Wildman–Crippen LogP) is 5.48. The Bertz CT molecular complexity index is 1860. The number of anilines is 1. The molecule has 0 spiro atoms. The predicted molar refractivity (Wildman–Crippen MR) is 170 cm³/mol. The number of rotatable bonds is 8. The summed E-state index contributed by atoms with van der Waals surface area (Å²) in [5.41, 5.74) is 4.09. The molecule has 6 rings (SSSR count). The first kappa shape index (κ1) is 30.1. The van der Waals surface area contributed by atoms with Gasteiger partial charge in [0.2, 0.25) is 10.0 Å². The number of aromatic nitrogens is 6. The molecule has 4 aromatic heterocycles. The van der Waals surface area contributed by atoms with Gasteiger partial charge in [0.15, 0.2) is 27.4 Å². The fourth-order valence-corrected chi connectivity index (χ4v) is 5.85. The monoisotopic (exact) mass is 790 g/mol. The number of fused-ring (bicyclic) bond motifs is 2. The van der Waals surface area contributed by atoms with Crippen molar-refractivity contribution in [1.82, 2.24) is 29.2 Å². The molecule has 11 nitrogen and oxygen atoms in total. The Morgan fingerprint density at radius 1 is 1.05 bits per heavy atom. The number of halogens is 4. The van der Waals surface area contributed by atoms with Crippen LogP contribution in [0.25, 0.3) is 22.6 Å². The van der Waals surface area contributed by atoms with Crippen molar-refractivity contribution in [2.24, 2.45) is 11.1 Å². The van der Waals surface area contributed by atoms with Crippen molar-refractivity contribution in [2.45, 2.75) is 19.3 Å². The minimum atomic E-state index is -3.58. The van der Waals surface area contributed by atoms with Crippen LogP contribution in [-0.2, 0) is 10.0 Å². The van der Waals surface area contributed by atoms with Crippen LogP contribution >= 0.6 is 61.7 Å². The molecule has 0 amide bonds. The lowest BCUT2D eigenvalue weighted by Crippen LogP contribution is -2.22. The van der Waals surface area contributed by atoms with Crippen LogP contribution in [0.3, 0.4) is 0 Å². The molecule has 5 aromatic rings. The second-order valence-electron chi connectivity index (χ2n) is 9.33. The lowest BCUT2D eigenvalue weighted by atomic mass is 10.0. The maximum Gasteiger partial charge on any atom is 0.210 e. The van der Waals surface area contributed by atoms with Crippen molar-refractivity contribution in [3.05, 3.63) is 72.8 Å². The van der Waals surface area contributed by atoms with Gasteiger partial charge in [0.1, 0.15) is 3.70 Å². The van der Waals surface area contributed by atoms with Gasteiger partial charge in [0.05, 0.1) is 34.0 Å². The molecule has 1 saturated carbocycles. The second-order valence-corrected chi connectivity index (χ2v) is 13.8. The van der Waals surface area contributed by atoms with E-state index in [-0.39, 0.29) is 23.2 Å². The number of carbonyl (C=O) groups is 1. The number of sulfonamides is 1. The smallest absolute Gasteiger partial charge is 0.210 e. The van der Waals surface area contributed by atoms with Gasteiger partial charge in [-0.2, -0.15) is 10.2 Å². The van der Waals surface area contributed by atoms with Crippen molar-refractivity contribution in [3.8, 4) is 11.3 Å². The quantitative estimate of drug-likeness (QED) is 0.155. The molecule has 16 heteroatoms. The number of hydrogen-bond acceptors (Lipinski definition) is 8. The largest absolute Gasteiger partial charge is 0.381 e. The maximum absolute atomic E-state index is 12.3. The number of nitrogens with zero attached hydrogens (tertiary/aromatic N) is 6. The fraction of sp³-hybridized carbons (Fsp3) is 0.240. The Balaban J connectivity index is 0.000000234. The first-order chi connectivity index (χ1) is 19.5. The third-order valence-electron chi connectivity index (χ3n) is 6.16. The summed E-state index contributed by atoms with van der Waals surface area (Å²) in [6.45, 7) is 0.120. The van der Waals surface area contributed by atoms with Crippen LogP contribution < -0.4 is 10.5 Å². The summed E-state index contributed by atoms with van der Waals surface area (Å²) >= 11 is 17.4. The SMILES string of the molecule is Clc1cc(Br)c2ncc(I)n2n1.NS(=O)(=O)CCNc1cc(Cl)nn2c(-c3ccc(C(=O)CC4CC4)cc3)cnc12. The van der Waals surface area contributed by atoms with Crippen LogP contribution in [0.1, 0.15) is 29.6 Å². The molecule has 4 heterocycles. The first-order valence-corrected chi connectivity index (χ1v) is 16.6. The molecule has 214 valence electrons. The molecule has 3 N–H and O–H groups in total. The normalized spacial score (nSPS) is 13.3. The molecule has 0 atom stereocenters. The van der Waals surface area contributed by atoms with E-state index in [1.807, 2.05) is 24.3 Å². The molecular formula is C25H22BrCl2IN8O3S. The second kappa shape index (κ2) is 12.5. The van der Waals surface area contributed by atoms with E-state index < -0.39 is 10.0 Å². The number of benzene rings is 1. The van der Waals surface area contributed by atoms with Crippen molar-refractivity contribution in [2.75, 3.05) is 17.6 Å². The van der Waals surface area contributed by atoms with Crippen molar-refractivity contribution < 1.29 is 13.2 Å². The molecule has 0 unspecified atom stereocenters.